The molecule has 0 fully saturated rings. The first-order valence-electron chi connectivity index (χ1n) is 6.58. The summed E-state index contributed by atoms with van der Waals surface area (Å²) in [6.07, 6.45) is 0. The highest BCUT2D eigenvalue weighted by atomic mass is 32.2. The number of hydrogen-bond donors (Lipinski definition) is 2. The molecular formula is C15H9F5N2O2S. The number of urea groups is 1. The van der Waals surface area contributed by atoms with E-state index in [1.54, 1.807) is 5.32 Å². The Morgan fingerprint density at radius 1 is 0.960 bits per heavy atom. The molecule has 2 rings (SSSR count). The Morgan fingerprint density at radius 2 is 1.56 bits per heavy atom. The Hall–Kier alpha value is -2.62. The molecule has 0 spiro atoms. The van der Waals surface area contributed by atoms with Gasteiger partial charge in [-0.05, 0) is 42.1 Å². The van der Waals surface area contributed by atoms with E-state index in [2.05, 4.69) is 5.32 Å². The lowest BCUT2D eigenvalue weighted by atomic mass is 10.2. The van der Waals surface area contributed by atoms with Gasteiger partial charge in [-0.1, -0.05) is 12.1 Å². The van der Waals surface area contributed by atoms with Crippen molar-refractivity contribution in [3.05, 3.63) is 59.7 Å². The van der Waals surface area contributed by atoms with Gasteiger partial charge in [0.2, 0.25) is 0 Å². The van der Waals surface area contributed by atoms with Crippen LogP contribution >= 0.6 is 11.8 Å². The van der Waals surface area contributed by atoms with Gasteiger partial charge in [-0.2, -0.15) is 13.2 Å². The number of thioether (sulfide) groups is 1. The number of alkyl halides is 3. The number of carbonyl (C=O) groups excluding carboxylic acids is 2. The Bertz CT molecular complexity index is 790. The van der Waals surface area contributed by atoms with Gasteiger partial charge >= 0.3 is 11.5 Å². The summed E-state index contributed by atoms with van der Waals surface area (Å²) < 4.78 is 63.8. The average Bonchev–Trinajstić information content (AvgIpc) is 2.45. The standard InChI is InChI=1S/C15H9F5N2O2S/c16-10-5-2-6-11(17)12(10)13(23)22-14(24)21-8-3-1-4-9(7-8)25-15(18,19)20/h1-7H,(H2,21,22,23,24). The Balaban J connectivity index is 2.05. The summed E-state index contributed by atoms with van der Waals surface area (Å²) in [5, 5.41) is 3.81. The highest BCUT2D eigenvalue weighted by molar-refractivity contribution is 8.00. The Labute approximate surface area is 142 Å². The highest BCUT2D eigenvalue weighted by Gasteiger charge is 2.29. The van der Waals surface area contributed by atoms with E-state index in [0.29, 0.717) is 0 Å². The topological polar surface area (TPSA) is 58.2 Å². The second-order valence-corrected chi connectivity index (χ2v) is 5.72. The molecule has 0 aliphatic heterocycles. The molecule has 4 nitrogen and oxygen atoms in total. The fourth-order valence-corrected chi connectivity index (χ4v) is 2.41. The van der Waals surface area contributed by atoms with E-state index in [9.17, 15) is 31.5 Å². The molecule has 2 N–H and O–H groups in total. The maximum atomic E-state index is 13.4. The zero-order valence-electron chi connectivity index (χ0n) is 12.2. The number of imide groups is 1. The largest absolute Gasteiger partial charge is 0.446 e. The molecule has 3 amide bonds. The number of rotatable bonds is 3. The van der Waals surface area contributed by atoms with Crippen LogP contribution in [0.2, 0.25) is 0 Å². The van der Waals surface area contributed by atoms with E-state index in [1.165, 1.54) is 18.2 Å². The lowest BCUT2D eigenvalue weighted by molar-refractivity contribution is -0.0328. The molecule has 0 aromatic heterocycles. The molecule has 25 heavy (non-hydrogen) atoms. The van der Waals surface area contributed by atoms with E-state index >= 15 is 0 Å². The Kier molecular flexibility index (Phi) is 5.62. The maximum Gasteiger partial charge on any atom is 0.446 e. The van der Waals surface area contributed by atoms with Gasteiger partial charge in [0.05, 0.1) is 0 Å². The van der Waals surface area contributed by atoms with Crippen molar-refractivity contribution in [2.24, 2.45) is 0 Å². The number of benzene rings is 2. The highest BCUT2D eigenvalue weighted by Crippen LogP contribution is 2.37. The van der Waals surface area contributed by atoms with Crippen LogP contribution in [0.25, 0.3) is 0 Å². The van der Waals surface area contributed by atoms with Gasteiger partial charge in [-0.25, -0.2) is 13.6 Å². The van der Waals surface area contributed by atoms with Crippen LogP contribution in [0.5, 0.6) is 0 Å². The summed E-state index contributed by atoms with van der Waals surface area (Å²) in [7, 11) is 0. The molecule has 0 aliphatic carbocycles. The number of anilines is 1. The molecule has 0 aliphatic rings. The van der Waals surface area contributed by atoms with Crippen LogP contribution in [-0.4, -0.2) is 17.4 Å². The van der Waals surface area contributed by atoms with Gasteiger partial charge < -0.3 is 5.32 Å². The summed E-state index contributed by atoms with van der Waals surface area (Å²) in [6.45, 7) is 0. The zero-order chi connectivity index (χ0) is 18.6. The van der Waals surface area contributed by atoms with Gasteiger partial charge in [0.25, 0.3) is 5.91 Å². The van der Waals surface area contributed by atoms with Crippen LogP contribution in [-0.2, 0) is 0 Å². The second-order valence-electron chi connectivity index (χ2n) is 4.58. The van der Waals surface area contributed by atoms with Crippen molar-refractivity contribution in [1.82, 2.24) is 5.32 Å². The molecule has 0 unspecified atom stereocenters. The minimum Gasteiger partial charge on any atom is -0.308 e. The number of halogens is 5. The van der Waals surface area contributed by atoms with Crippen LogP contribution in [0, 0.1) is 11.6 Å². The SMILES string of the molecule is O=C(NC(=O)c1c(F)cccc1F)Nc1cccc(SC(F)(F)F)c1. The lowest BCUT2D eigenvalue weighted by Gasteiger charge is -2.10. The molecule has 0 saturated heterocycles. The molecule has 2 aromatic rings. The second kappa shape index (κ2) is 7.51. The molecule has 0 saturated carbocycles. The number of hydrogen-bond acceptors (Lipinski definition) is 3. The van der Waals surface area contributed by atoms with Crippen molar-refractivity contribution in [2.45, 2.75) is 10.4 Å². The van der Waals surface area contributed by atoms with E-state index in [1.807, 2.05) is 0 Å². The van der Waals surface area contributed by atoms with Gasteiger partial charge in [0, 0.05) is 10.6 Å². The minimum absolute atomic E-state index is 0.0337. The fraction of sp³-hybridized carbons (Fsp3) is 0.0667. The van der Waals surface area contributed by atoms with Crippen LogP contribution < -0.4 is 10.6 Å². The summed E-state index contributed by atoms with van der Waals surface area (Å²) in [5.74, 6) is -3.64. The zero-order valence-corrected chi connectivity index (χ0v) is 13.0. The number of amides is 3. The van der Waals surface area contributed by atoms with Crippen molar-refractivity contribution in [2.75, 3.05) is 5.32 Å². The first kappa shape index (κ1) is 18.7. The third-order valence-corrected chi connectivity index (χ3v) is 3.46. The molecule has 132 valence electrons. The smallest absolute Gasteiger partial charge is 0.308 e. The van der Waals surface area contributed by atoms with Gasteiger partial charge in [0.1, 0.15) is 17.2 Å². The molecule has 0 radical (unpaired) electrons. The monoisotopic (exact) mass is 376 g/mol. The van der Waals surface area contributed by atoms with E-state index in [0.717, 1.165) is 24.3 Å². The predicted molar refractivity (Wildman–Crippen MR) is 81.2 cm³/mol. The molecule has 2 aromatic carbocycles. The van der Waals surface area contributed by atoms with E-state index < -0.39 is 34.6 Å². The Morgan fingerprint density at radius 3 is 2.16 bits per heavy atom. The molecule has 0 bridgehead atoms. The minimum atomic E-state index is -4.50. The molecular weight excluding hydrogens is 367 g/mol. The van der Waals surface area contributed by atoms with Gasteiger partial charge in [0.15, 0.2) is 0 Å². The van der Waals surface area contributed by atoms with E-state index in [-0.39, 0.29) is 22.3 Å². The van der Waals surface area contributed by atoms with Gasteiger partial charge in [-0.3, -0.25) is 10.1 Å². The lowest BCUT2D eigenvalue weighted by Crippen LogP contribution is -2.35. The van der Waals surface area contributed by atoms with Crippen molar-refractivity contribution < 1.29 is 31.5 Å². The summed E-state index contributed by atoms with van der Waals surface area (Å²) >= 11 is -0.381. The van der Waals surface area contributed by atoms with Crippen LogP contribution in [0.1, 0.15) is 10.4 Å². The van der Waals surface area contributed by atoms with Crippen LogP contribution in [0.4, 0.5) is 32.4 Å². The van der Waals surface area contributed by atoms with Crippen molar-refractivity contribution in [3.8, 4) is 0 Å². The normalized spacial score (nSPS) is 11.1. The number of carbonyl (C=O) groups is 2. The predicted octanol–water partition coefficient (Wildman–Crippen LogP) is 4.54. The van der Waals surface area contributed by atoms with Gasteiger partial charge in [-0.15, -0.1) is 0 Å². The maximum absolute atomic E-state index is 13.4. The molecule has 0 heterocycles. The summed E-state index contributed by atoms with van der Waals surface area (Å²) in [4.78, 5) is 23.3. The van der Waals surface area contributed by atoms with Crippen molar-refractivity contribution in [1.29, 1.82) is 0 Å². The molecule has 10 heteroatoms. The molecule has 0 atom stereocenters. The summed E-state index contributed by atoms with van der Waals surface area (Å²) in [6, 6.07) is 6.34. The first-order chi connectivity index (χ1) is 11.7. The van der Waals surface area contributed by atoms with Crippen molar-refractivity contribution in [3.63, 3.8) is 0 Å². The summed E-state index contributed by atoms with van der Waals surface area (Å²) in [5.41, 5.74) is -5.48. The van der Waals surface area contributed by atoms with Crippen molar-refractivity contribution >= 4 is 29.4 Å². The van der Waals surface area contributed by atoms with E-state index in [4.69, 9.17) is 0 Å². The first-order valence-corrected chi connectivity index (χ1v) is 7.39. The average molecular weight is 376 g/mol. The third-order valence-electron chi connectivity index (χ3n) is 2.74. The fourth-order valence-electron chi connectivity index (χ4n) is 1.81. The third kappa shape index (κ3) is 5.45. The van der Waals surface area contributed by atoms with Crippen LogP contribution in [0.3, 0.4) is 0 Å². The number of nitrogens with one attached hydrogen (secondary N) is 2. The van der Waals surface area contributed by atoms with Crippen LogP contribution in [0.15, 0.2) is 47.4 Å². The quantitative estimate of drug-likeness (QED) is 0.611.